The second-order valence-electron chi connectivity index (χ2n) is 6.72. The van der Waals surface area contributed by atoms with Crippen LogP contribution in [0.25, 0.3) is 0 Å². The van der Waals surface area contributed by atoms with Crippen LogP contribution in [0.3, 0.4) is 0 Å². The summed E-state index contributed by atoms with van der Waals surface area (Å²) in [5.41, 5.74) is 0. The van der Waals surface area contributed by atoms with E-state index in [0.717, 1.165) is 19.5 Å². The van der Waals surface area contributed by atoms with E-state index >= 15 is 0 Å². The topological polar surface area (TPSA) is 71.6 Å². The molecule has 2 fully saturated rings. The van der Waals surface area contributed by atoms with Crippen molar-refractivity contribution >= 4 is 0 Å². The molecule has 2 heterocycles. The van der Waals surface area contributed by atoms with Crippen molar-refractivity contribution in [3.8, 4) is 0 Å². The fourth-order valence-corrected chi connectivity index (χ4v) is 3.98. The third-order valence-corrected chi connectivity index (χ3v) is 5.32. The van der Waals surface area contributed by atoms with Crippen LogP contribution in [0.1, 0.15) is 56.8 Å². The molecule has 1 N–H and O–H groups in total. The highest BCUT2D eigenvalue weighted by Crippen LogP contribution is 2.37. The summed E-state index contributed by atoms with van der Waals surface area (Å²) in [7, 11) is 1.62. The van der Waals surface area contributed by atoms with Crippen LogP contribution >= 0.6 is 0 Å². The van der Waals surface area contributed by atoms with Crippen LogP contribution in [-0.4, -0.2) is 46.5 Å². The Morgan fingerprint density at radius 2 is 2.14 bits per heavy atom. The van der Waals surface area contributed by atoms with E-state index in [2.05, 4.69) is 22.0 Å². The zero-order valence-electron chi connectivity index (χ0n) is 13.6. The van der Waals surface area contributed by atoms with Gasteiger partial charge in [-0.15, -0.1) is 0 Å². The van der Waals surface area contributed by atoms with Gasteiger partial charge in [-0.2, -0.15) is 4.98 Å². The number of rotatable bonds is 5. The minimum Gasteiger partial charge on any atom is -0.393 e. The third kappa shape index (κ3) is 3.34. The number of ether oxygens (including phenoxy) is 1. The van der Waals surface area contributed by atoms with Crippen LogP contribution < -0.4 is 0 Å². The van der Waals surface area contributed by atoms with E-state index in [1.54, 1.807) is 7.11 Å². The van der Waals surface area contributed by atoms with Gasteiger partial charge >= 0.3 is 0 Å². The number of aromatic nitrogens is 2. The molecule has 1 saturated heterocycles. The molecule has 3 atom stereocenters. The second-order valence-corrected chi connectivity index (χ2v) is 6.72. The molecule has 1 aromatic heterocycles. The Labute approximate surface area is 131 Å². The molecule has 1 aliphatic heterocycles. The smallest absolute Gasteiger partial charge is 0.243 e. The monoisotopic (exact) mass is 309 g/mol. The minimum atomic E-state index is -0.154. The zero-order chi connectivity index (χ0) is 15.5. The van der Waals surface area contributed by atoms with Gasteiger partial charge in [-0.1, -0.05) is 30.8 Å². The van der Waals surface area contributed by atoms with Crippen LogP contribution in [0.5, 0.6) is 0 Å². The lowest BCUT2D eigenvalue weighted by Gasteiger charge is -2.40. The number of aliphatic hydroxyl groups is 1. The molecule has 0 bridgehead atoms. The van der Waals surface area contributed by atoms with E-state index in [0.29, 0.717) is 30.2 Å². The van der Waals surface area contributed by atoms with Crippen molar-refractivity contribution in [2.45, 2.75) is 57.8 Å². The van der Waals surface area contributed by atoms with Crippen molar-refractivity contribution < 1.29 is 14.4 Å². The Morgan fingerprint density at radius 3 is 2.86 bits per heavy atom. The maximum absolute atomic E-state index is 10.4. The van der Waals surface area contributed by atoms with Crippen molar-refractivity contribution in [2.24, 2.45) is 11.8 Å². The van der Waals surface area contributed by atoms with Crippen molar-refractivity contribution in [2.75, 3.05) is 20.2 Å². The summed E-state index contributed by atoms with van der Waals surface area (Å²) < 4.78 is 10.4. The highest BCUT2D eigenvalue weighted by atomic mass is 16.5. The average molecular weight is 309 g/mol. The maximum atomic E-state index is 10.4. The highest BCUT2D eigenvalue weighted by molar-refractivity contribution is 4.95. The number of hydrogen-bond acceptors (Lipinski definition) is 6. The minimum absolute atomic E-state index is 0.0921. The SMILES string of the molecule is COCc1noc(C(C)N2CC[C@@H](O)[C@H](C3CCCC3)C2)n1. The summed E-state index contributed by atoms with van der Waals surface area (Å²) >= 11 is 0. The fourth-order valence-electron chi connectivity index (χ4n) is 3.98. The van der Waals surface area contributed by atoms with Crippen LogP contribution in [0.2, 0.25) is 0 Å². The van der Waals surface area contributed by atoms with Crippen LogP contribution in [-0.2, 0) is 11.3 Å². The second kappa shape index (κ2) is 7.06. The average Bonchev–Trinajstić information content (AvgIpc) is 3.19. The van der Waals surface area contributed by atoms with E-state index < -0.39 is 0 Å². The van der Waals surface area contributed by atoms with Crippen molar-refractivity contribution in [3.05, 3.63) is 11.7 Å². The zero-order valence-corrected chi connectivity index (χ0v) is 13.6. The van der Waals surface area contributed by atoms with Gasteiger partial charge in [-0.3, -0.25) is 4.90 Å². The number of likely N-dealkylation sites (tertiary alicyclic amines) is 1. The molecule has 22 heavy (non-hydrogen) atoms. The molecular weight excluding hydrogens is 282 g/mol. The first-order valence-electron chi connectivity index (χ1n) is 8.42. The first-order chi connectivity index (χ1) is 10.7. The summed E-state index contributed by atoms with van der Waals surface area (Å²) in [6.45, 7) is 4.29. The van der Waals surface area contributed by atoms with Crippen molar-refractivity contribution in [1.82, 2.24) is 15.0 Å². The molecule has 3 rings (SSSR count). The number of methoxy groups -OCH3 is 1. The van der Waals surface area contributed by atoms with Crippen LogP contribution in [0.15, 0.2) is 4.52 Å². The lowest BCUT2D eigenvalue weighted by molar-refractivity contribution is -0.0168. The standard InChI is InChI=1S/C16H27N3O3/c1-11(16-17-15(10-21-2)18-22-16)19-8-7-14(20)13(9-19)12-5-3-4-6-12/h11-14,20H,3-10H2,1-2H3/t11?,13-,14+/m0/s1. The van der Waals surface area contributed by atoms with E-state index in [-0.39, 0.29) is 12.1 Å². The number of aliphatic hydroxyl groups excluding tert-OH is 1. The predicted molar refractivity (Wildman–Crippen MR) is 81.1 cm³/mol. The molecule has 0 aromatic carbocycles. The molecule has 1 aromatic rings. The van der Waals surface area contributed by atoms with E-state index in [1.807, 2.05) is 0 Å². The number of hydrogen-bond donors (Lipinski definition) is 1. The maximum Gasteiger partial charge on any atom is 0.243 e. The molecule has 6 heteroatoms. The molecule has 1 unspecified atom stereocenters. The van der Waals surface area contributed by atoms with Gasteiger partial charge in [0.25, 0.3) is 0 Å². The van der Waals surface area contributed by atoms with Crippen LogP contribution in [0, 0.1) is 11.8 Å². The summed E-state index contributed by atoms with van der Waals surface area (Å²) in [5.74, 6) is 2.30. The molecule has 1 aliphatic carbocycles. The largest absolute Gasteiger partial charge is 0.393 e. The van der Waals surface area contributed by atoms with Gasteiger partial charge in [0.2, 0.25) is 5.89 Å². The molecule has 0 radical (unpaired) electrons. The first kappa shape index (κ1) is 15.9. The van der Waals surface area contributed by atoms with Crippen molar-refractivity contribution in [3.63, 3.8) is 0 Å². The number of piperidine rings is 1. The van der Waals surface area contributed by atoms with E-state index in [4.69, 9.17) is 9.26 Å². The number of nitrogens with zero attached hydrogens (tertiary/aromatic N) is 3. The Hall–Kier alpha value is -0.980. The Balaban J connectivity index is 1.65. The molecule has 124 valence electrons. The highest BCUT2D eigenvalue weighted by Gasteiger charge is 2.37. The van der Waals surface area contributed by atoms with Gasteiger partial charge in [-0.05, 0) is 19.3 Å². The van der Waals surface area contributed by atoms with Gasteiger partial charge in [0.05, 0.1) is 12.1 Å². The normalized spacial score (nSPS) is 29.0. The van der Waals surface area contributed by atoms with Gasteiger partial charge < -0.3 is 14.4 Å². The molecule has 6 nitrogen and oxygen atoms in total. The van der Waals surface area contributed by atoms with E-state index in [1.165, 1.54) is 25.7 Å². The van der Waals surface area contributed by atoms with Crippen molar-refractivity contribution in [1.29, 1.82) is 0 Å². The van der Waals surface area contributed by atoms with Gasteiger partial charge in [-0.25, -0.2) is 0 Å². The summed E-state index contributed by atoms with van der Waals surface area (Å²) in [5, 5.41) is 14.3. The molecule has 0 amide bonds. The Bertz CT molecular complexity index is 473. The van der Waals surface area contributed by atoms with Crippen LogP contribution in [0.4, 0.5) is 0 Å². The summed E-state index contributed by atoms with van der Waals surface area (Å²) in [6, 6.07) is 0.0921. The first-order valence-corrected chi connectivity index (χ1v) is 8.42. The fraction of sp³-hybridized carbons (Fsp3) is 0.875. The lowest BCUT2D eigenvalue weighted by atomic mass is 9.82. The van der Waals surface area contributed by atoms with Gasteiger partial charge in [0, 0.05) is 26.1 Å². The molecule has 2 aliphatic rings. The van der Waals surface area contributed by atoms with E-state index in [9.17, 15) is 5.11 Å². The molecule has 1 saturated carbocycles. The van der Waals surface area contributed by atoms with Gasteiger partial charge in [0.1, 0.15) is 6.61 Å². The summed E-state index contributed by atoms with van der Waals surface area (Å²) in [6.07, 6.45) is 5.84. The quantitative estimate of drug-likeness (QED) is 0.898. The van der Waals surface area contributed by atoms with Gasteiger partial charge in [0.15, 0.2) is 5.82 Å². The molecule has 0 spiro atoms. The Kier molecular flexibility index (Phi) is 5.10. The summed E-state index contributed by atoms with van der Waals surface area (Å²) in [4.78, 5) is 6.78. The third-order valence-electron chi connectivity index (χ3n) is 5.32. The molecular formula is C16H27N3O3. The lowest BCUT2D eigenvalue weighted by Crippen LogP contribution is -2.46. The predicted octanol–water partition coefficient (Wildman–Crippen LogP) is 2.15. The Morgan fingerprint density at radius 1 is 1.36 bits per heavy atom.